The summed E-state index contributed by atoms with van der Waals surface area (Å²) in [6.45, 7) is 0.744. The van der Waals surface area contributed by atoms with Crippen LogP contribution < -0.4 is 4.90 Å². The van der Waals surface area contributed by atoms with Gasteiger partial charge in [0.1, 0.15) is 4.60 Å². The maximum atomic E-state index is 9.16. The van der Waals surface area contributed by atoms with Gasteiger partial charge in [-0.05, 0) is 28.8 Å². The van der Waals surface area contributed by atoms with Gasteiger partial charge in [0.15, 0.2) is 11.5 Å². The summed E-state index contributed by atoms with van der Waals surface area (Å²) in [7, 11) is 0. The minimum Gasteiger partial charge on any atom is -0.395 e. The molecule has 2 heterocycles. The number of nitrogens with zero attached hydrogens (tertiary/aromatic N) is 4. The Morgan fingerprint density at radius 3 is 3.06 bits per heavy atom. The molecule has 0 unspecified atom stereocenters. The summed E-state index contributed by atoms with van der Waals surface area (Å²) in [5, 5.41) is 9.16. The molecule has 0 bridgehead atoms. The normalized spacial score (nSPS) is 15.4. The van der Waals surface area contributed by atoms with Gasteiger partial charge in [-0.2, -0.15) is 0 Å². The van der Waals surface area contributed by atoms with Gasteiger partial charge >= 0.3 is 0 Å². The molecular weight excluding hydrogens is 284 g/mol. The largest absolute Gasteiger partial charge is 0.395 e. The lowest BCUT2D eigenvalue weighted by Gasteiger charge is -2.22. The number of hydrogen-bond donors (Lipinski definition) is 1. The average Bonchev–Trinajstić information content (AvgIpc) is 3.04. The van der Waals surface area contributed by atoms with Gasteiger partial charge in [-0.15, -0.1) is 0 Å². The molecule has 0 radical (unpaired) electrons. The van der Waals surface area contributed by atoms with E-state index in [1.165, 1.54) is 12.8 Å². The zero-order valence-corrected chi connectivity index (χ0v) is 10.8. The lowest BCUT2D eigenvalue weighted by atomic mass is 10.4. The van der Waals surface area contributed by atoms with Crippen molar-refractivity contribution in [2.45, 2.75) is 18.9 Å². The van der Waals surface area contributed by atoms with E-state index in [9.17, 15) is 0 Å². The number of aromatic nitrogens is 3. The third-order valence-electron chi connectivity index (χ3n) is 2.93. The predicted molar refractivity (Wildman–Crippen MR) is 68.1 cm³/mol. The monoisotopic (exact) mass is 296 g/mol. The average molecular weight is 297 g/mol. The zero-order valence-electron chi connectivity index (χ0n) is 9.25. The van der Waals surface area contributed by atoms with Crippen molar-refractivity contribution in [3.8, 4) is 0 Å². The standard InChI is InChI=1S/C11H13BrN4O/c12-9-7-15-4-3-13-10(15)11(14-9)16(5-6-17)8-1-2-8/h3-4,7-8,17H,1-2,5-6H2. The highest BCUT2D eigenvalue weighted by Crippen LogP contribution is 2.32. The molecule has 1 aliphatic rings. The van der Waals surface area contributed by atoms with Gasteiger partial charge in [-0.1, -0.05) is 0 Å². The minimum absolute atomic E-state index is 0.136. The molecule has 1 fully saturated rings. The Labute approximate surface area is 107 Å². The number of imidazole rings is 1. The molecule has 5 nitrogen and oxygen atoms in total. The molecule has 1 saturated carbocycles. The molecule has 3 rings (SSSR count). The SMILES string of the molecule is OCCN(c1nc(Br)cn2ccnc12)C1CC1. The smallest absolute Gasteiger partial charge is 0.180 e. The summed E-state index contributed by atoms with van der Waals surface area (Å²) in [6, 6.07) is 0.504. The summed E-state index contributed by atoms with van der Waals surface area (Å²) < 4.78 is 2.72. The molecule has 1 aliphatic carbocycles. The Balaban J connectivity index is 2.09. The van der Waals surface area contributed by atoms with Gasteiger partial charge in [0.2, 0.25) is 0 Å². The maximum absolute atomic E-state index is 9.16. The van der Waals surface area contributed by atoms with Crippen LogP contribution in [-0.2, 0) is 0 Å². The van der Waals surface area contributed by atoms with E-state index in [4.69, 9.17) is 5.11 Å². The first-order valence-electron chi connectivity index (χ1n) is 5.66. The molecule has 0 spiro atoms. The number of halogens is 1. The van der Waals surface area contributed by atoms with Crippen molar-refractivity contribution in [2.24, 2.45) is 0 Å². The van der Waals surface area contributed by atoms with E-state index in [1.807, 2.05) is 16.8 Å². The Hall–Kier alpha value is -1.14. The fourth-order valence-corrected chi connectivity index (χ4v) is 2.42. The number of hydrogen-bond acceptors (Lipinski definition) is 4. The summed E-state index contributed by atoms with van der Waals surface area (Å²) >= 11 is 3.41. The number of aliphatic hydroxyl groups is 1. The second-order valence-electron chi connectivity index (χ2n) is 4.19. The minimum atomic E-state index is 0.136. The Morgan fingerprint density at radius 1 is 1.53 bits per heavy atom. The van der Waals surface area contributed by atoms with Crippen LogP contribution >= 0.6 is 15.9 Å². The molecule has 6 heteroatoms. The van der Waals surface area contributed by atoms with E-state index in [0.29, 0.717) is 12.6 Å². The molecule has 0 aliphatic heterocycles. The lowest BCUT2D eigenvalue weighted by Crippen LogP contribution is -2.30. The van der Waals surface area contributed by atoms with Gasteiger partial charge in [-0.3, -0.25) is 0 Å². The van der Waals surface area contributed by atoms with E-state index in [-0.39, 0.29) is 6.61 Å². The van der Waals surface area contributed by atoms with E-state index in [2.05, 4.69) is 30.8 Å². The first kappa shape index (κ1) is 11.0. The maximum Gasteiger partial charge on any atom is 0.180 e. The van der Waals surface area contributed by atoms with Crippen LogP contribution in [0.5, 0.6) is 0 Å². The number of fused-ring (bicyclic) bond motifs is 1. The molecule has 0 aromatic carbocycles. The van der Waals surface area contributed by atoms with Gasteiger partial charge in [-0.25, -0.2) is 9.97 Å². The Morgan fingerprint density at radius 2 is 2.35 bits per heavy atom. The van der Waals surface area contributed by atoms with Gasteiger partial charge in [0, 0.05) is 31.2 Å². The van der Waals surface area contributed by atoms with Crippen molar-refractivity contribution in [3.05, 3.63) is 23.2 Å². The van der Waals surface area contributed by atoms with Crippen LogP contribution in [-0.4, -0.2) is 38.7 Å². The Kier molecular flexibility index (Phi) is 2.76. The second-order valence-corrected chi connectivity index (χ2v) is 5.01. The molecule has 17 heavy (non-hydrogen) atoms. The number of aliphatic hydroxyl groups excluding tert-OH is 1. The highest BCUT2D eigenvalue weighted by molar-refractivity contribution is 9.10. The van der Waals surface area contributed by atoms with Gasteiger partial charge in [0.25, 0.3) is 0 Å². The molecule has 1 N–H and O–H groups in total. The molecule has 90 valence electrons. The third-order valence-corrected chi connectivity index (χ3v) is 3.31. The topological polar surface area (TPSA) is 53.7 Å². The fraction of sp³-hybridized carbons (Fsp3) is 0.455. The summed E-state index contributed by atoms with van der Waals surface area (Å²) in [6.07, 6.45) is 7.88. The summed E-state index contributed by atoms with van der Waals surface area (Å²) in [5.41, 5.74) is 0.841. The van der Waals surface area contributed by atoms with Crippen LogP contribution in [0.3, 0.4) is 0 Å². The van der Waals surface area contributed by atoms with E-state index < -0.39 is 0 Å². The quantitative estimate of drug-likeness (QED) is 0.928. The van der Waals surface area contributed by atoms with Crippen LogP contribution in [0.2, 0.25) is 0 Å². The van der Waals surface area contributed by atoms with Gasteiger partial charge in [0.05, 0.1) is 6.61 Å². The Bertz CT molecular complexity index is 537. The van der Waals surface area contributed by atoms with Crippen LogP contribution in [0.1, 0.15) is 12.8 Å². The molecule has 0 saturated heterocycles. The summed E-state index contributed by atoms with van der Waals surface area (Å²) in [5.74, 6) is 0.848. The highest BCUT2D eigenvalue weighted by atomic mass is 79.9. The van der Waals surface area contributed by atoms with Crippen LogP contribution in [0.4, 0.5) is 5.82 Å². The number of anilines is 1. The van der Waals surface area contributed by atoms with Crippen LogP contribution in [0.25, 0.3) is 5.65 Å². The van der Waals surface area contributed by atoms with E-state index in [1.54, 1.807) is 6.20 Å². The predicted octanol–water partition coefficient (Wildman–Crippen LogP) is 1.45. The third kappa shape index (κ3) is 2.02. The first-order chi connectivity index (χ1) is 8.29. The highest BCUT2D eigenvalue weighted by Gasteiger charge is 2.31. The van der Waals surface area contributed by atoms with Gasteiger partial charge < -0.3 is 14.4 Å². The number of rotatable bonds is 4. The van der Waals surface area contributed by atoms with Crippen molar-refractivity contribution in [1.82, 2.24) is 14.4 Å². The first-order valence-corrected chi connectivity index (χ1v) is 6.45. The molecule has 2 aromatic rings. The van der Waals surface area contributed by atoms with Crippen molar-refractivity contribution in [3.63, 3.8) is 0 Å². The van der Waals surface area contributed by atoms with Crippen molar-refractivity contribution in [1.29, 1.82) is 0 Å². The summed E-state index contributed by atoms with van der Waals surface area (Å²) in [4.78, 5) is 11.0. The fourth-order valence-electron chi connectivity index (χ4n) is 2.03. The lowest BCUT2D eigenvalue weighted by molar-refractivity contribution is 0.301. The second kappa shape index (κ2) is 4.27. The van der Waals surface area contributed by atoms with Crippen LogP contribution in [0.15, 0.2) is 23.2 Å². The van der Waals surface area contributed by atoms with Crippen molar-refractivity contribution < 1.29 is 5.11 Å². The van der Waals surface area contributed by atoms with E-state index >= 15 is 0 Å². The van der Waals surface area contributed by atoms with Crippen LogP contribution in [0, 0.1) is 0 Å². The molecule has 0 amide bonds. The van der Waals surface area contributed by atoms with Crippen molar-refractivity contribution >= 4 is 27.4 Å². The van der Waals surface area contributed by atoms with E-state index in [0.717, 1.165) is 16.1 Å². The zero-order chi connectivity index (χ0) is 11.8. The molecule has 0 atom stereocenters. The molecule has 2 aromatic heterocycles. The molecular formula is C11H13BrN4O. The van der Waals surface area contributed by atoms with Crippen molar-refractivity contribution in [2.75, 3.05) is 18.1 Å².